The van der Waals surface area contributed by atoms with Gasteiger partial charge in [-0.3, -0.25) is 9.59 Å². The van der Waals surface area contributed by atoms with E-state index in [1.165, 1.54) is 116 Å². The molecule has 0 aliphatic rings. The summed E-state index contributed by atoms with van der Waals surface area (Å²) in [5.41, 5.74) is 0. The van der Waals surface area contributed by atoms with Crippen LogP contribution in [0.5, 0.6) is 0 Å². The Morgan fingerprint density at radius 2 is 0.902 bits per heavy atom. The normalized spacial score (nSPS) is 12.2. The van der Waals surface area contributed by atoms with E-state index in [9.17, 15) is 14.7 Å². The summed E-state index contributed by atoms with van der Waals surface area (Å²) >= 11 is 0. The lowest BCUT2D eigenvalue weighted by atomic mass is 10.0. The summed E-state index contributed by atoms with van der Waals surface area (Å²) in [5, 5.41) is 9.51. The Bertz CT molecular complexity index is 589. The molecule has 0 aromatic heterocycles. The zero-order valence-corrected chi connectivity index (χ0v) is 27.3. The summed E-state index contributed by atoms with van der Waals surface area (Å²) in [6, 6.07) is 0. The van der Waals surface area contributed by atoms with Gasteiger partial charge in [-0.25, -0.2) is 0 Å². The minimum absolute atomic E-state index is 0.0637. The molecule has 0 amide bonds. The monoisotopic (exact) mass is 581 g/mol. The number of carbonyl (C=O) groups is 2. The van der Waals surface area contributed by atoms with Crippen LogP contribution in [0.25, 0.3) is 0 Å². The lowest BCUT2D eigenvalue weighted by Crippen LogP contribution is -2.28. The van der Waals surface area contributed by atoms with Gasteiger partial charge in [0.1, 0.15) is 6.61 Å². The van der Waals surface area contributed by atoms with Gasteiger partial charge in [-0.2, -0.15) is 0 Å². The van der Waals surface area contributed by atoms with E-state index in [0.29, 0.717) is 12.8 Å². The molecular formula is C36H68O5. The van der Waals surface area contributed by atoms with Crippen LogP contribution in [0, 0.1) is 0 Å². The number of carbonyl (C=O) groups excluding carboxylic acids is 2. The minimum atomic E-state index is -0.767. The first-order valence-electron chi connectivity index (χ1n) is 17.7. The number of unbranched alkanes of at least 4 members (excludes halogenated alkanes) is 22. The number of allylic oxidation sites excluding steroid dienone is 2. The van der Waals surface area contributed by atoms with Crippen LogP contribution < -0.4 is 0 Å². The van der Waals surface area contributed by atoms with Gasteiger partial charge in [0.25, 0.3) is 0 Å². The highest BCUT2D eigenvalue weighted by molar-refractivity contribution is 5.70. The number of aliphatic hydroxyl groups excluding tert-OH is 1. The molecule has 0 saturated heterocycles. The fourth-order valence-electron chi connectivity index (χ4n) is 5.08. The van der Waals surface area contributed by atoms with Crippen molar-refractivity contribution in [1.29, 1.82) is 0 Å². The molecule has 5 nitrogen and oxygen atoms in total. The van der Waals surface area contributed by atoms with E-state index in [1.54, 1.807) is 0 Å². The molecular weight excluding hydrogens is 512 g/mol. The van der Waals surface area contributed by atoms with Crippen LogP contribution in [0.1, 0.15) is 187 Å². The zero-order valence-electron chi connectivity index (χ0n) is 27.3. The molecule has 0 unspecified atom stereocenters. The Kier molecular flexibility index (Phi) is 32.0. The number of aliphatic hydroxyl groups is 1. The molecule has 1 atom stereocenters. The van der Waals surface area contributed by atoms with E-state index in [4.69, 9.17) is 9.47 Å². The third-order valence-electron chi connectivity index (χ3n) is 7.81. The SMILES string of the molecule is CCCCCCC/C=C\CCCCCCCC(=O)O[C@@H](CO)COC(=O)CCCCCCCCCCCCCCC. The summed E-state index contributed by atoms with van der Waals surface area (Å²) in [7, 11) is 0. The van der Waals surface area contributed by atoms with E-state index in [1.807, 2.05) is 0 Å². The maximum absolute atomic E-state index is 12.1. The van der Waals surface area contributed by atoms with Gasteiger partial charge >= 0.3 is 11.9 Å². The topological polar surface area (TPSA) is 72.8 Å². The van der Waals surface area contributed by atoms with E-state index in [2.05, 4.69) is 26.0 Å². The van der Waals surface area contributed by atoms with Gasteiger partial charge < -0.3 is 14.6 Å². The predicted octanol–water partition coefficient (Wildman–Crippen LogP) is 10.6. The Hall–Kier alpha value is -1.36. The smallest absolute Gasteiger partial charge is 0.306 e. The lowest BCUT2D eigenvalue weighted by Gasteiger charge is -2.15. The molecule has 0 aliphatic heterocycles. The molecule has 0 aromatic rings. The lowest BCUT2D eigenvalue weighted by molar-refractivity contribution is -0.161. The van der Waals surface area contributed by atoms with Crippen LogP contribution in [0.2, 0.25) is 0 Å². The second kappa shape index (κ2) is 33.1. The van der Waals surface area contributed by atoms with Crippen LogP contribution in [0.4, 0.5) is 0 Å². The molecule has 0 spiro atoms. The highest BCUT2D eigenvalue weighted by Crippen LogP contribution is 2.14. The van der Waals surface area contributed by atoms with Crippen LogP contribution in [-0.4, -0.2) is 36.4 Å². The fraction of sp³-hybridized carbons (Fsp3) is 0.889. The Morgan fingerprint density at radius 3 is 1.32 bits per heavy atom. The van der Waals surface area contributed by atoms with E-state index >= 15 is 0 Å². The Morgan fingerprint density at radius 1 is 0.537 bits per heavy atom. The predicted molar refractivity (Wildman–Crippen MR) is 173 cm³/mol. The van der Waals surface area contributed by atoms with Gasteiger partial charge in [-0.1, -0.05) is 148 Å². The third kappa shape index (κ3) is 31.4. The first kappa shape index (κ1) is 39.6. The van der Waals surface area contributed by atoms with Crippen molar-refractivity contribution in [3.05, 3.63) is 12.2 Å². The minimum Gasteiger partial charge on any atom is -0.462 e. The van der Waals surface area contributed by atoms with Crippen LogP contribution in [-0.2, 0) is 19.1 Å². The number of esters is 2. The number of ether oxygens (including phenoxy) is 2. The van der Waals surface area contributed by atoms with Gasteiger partial charge in [0.05, 0.1) is 6.61 Å². The largest absolute Gasteiger partial charge is 0.462 e. The molecule has 0 radical (unpaired) electrons. The van der Waals surface area contributed by atoms with Crippen molar-refractivity contribution in [3.63, 3.8) is 0 Å². The van der Waals surface area contributed by atoms with Crippen molar-refractivity contribution in [2.24, 2.45) is 0 Å². The summed E-state index contributed by atoms with van der Waals surface area (Å²) in [5.74, 6) is -0.595. The quantitative estimate of drug-likeness (QED) is 0.0487. The fourth-order valence-corrected chi connectivity index (χ4v) is 5.08. The second-order valence-electron chi connectivity index (χ2n) is 12.0. The van der Waals surface area contributed by atoms with Crippen LogP contribution >= 0.6 is 0 Å². The number of hydrogen-bond acceptors (Lipinski definition) is 5. The van der Waals surface area contributed by atoms with E-state index in [0.717, 1.165) is 44.9 Å². The highest BCUT2D eigenvalue weighted by atomic mass is 16.6. The van der Waals surface area contributed by atoms with Crippen molar-refractivity contribution >= 4 is 11.9 Å². The molecule has 1 N–H and O–H groups in total. The number of rotatable bonds is 32. The van der Waals surface area contributed by atoms with Crippen molar-refractivity contribution < 1.29 is 24.2 Å². The first-order valence-corrected chi connectivity index (χ1v) is 17.7. The first-order chi connectivity index (χ1) is 20.1. The van der Waals surface area contributed by atoms with Gasteiger partial charge in [0.15, 0.2) is 6.10 Å². The summed E-state index contributed by atoms with van der Waals surface area (Å²) in [4.78, 5) is 24.1. The van der Waals surface area contributed by atoms with E-state index in [-0.39, 0.29) is 25.2 Å². The molecule has 0 aliphatic carbocycles. The van der Waals surface area contributed by atoms with Crippen molar-refractivity contribution in [3.8, 4) is 0 Å². The summed E-state index contributed by atoms with van der Waals surface area (Å²) in [6.45, 7) is 4.12. The zero-order chi connectivity index (χ0) is 30.1. The van der Waals surface area contributed by atoms with Gasteiger partial charge in [-0.05, 0) is 38.5 Å². The average molecular weight is 581 g/mol. The highest BCUT2D eigenvalue weighted by Gasteiger charge is 2.16. The molecule has 0 rings (SSSR count). The summed E-state index contributed by atoms with van der Waals surface area (Å²) in [6.07, 6.45) is 35.5. The molecule has 0 fully saturated rings. The van der Waals surface area contributed by atoms with Gasteiger partial charge in [0.2, 0.25) is 0 Å². The Labute approximate surface area is 254 Å². The summed E-state index contributed by atoms with van der Waals surface area (Å²) < 4.78 is 10.6. The van der Waals surface area contributed by atoms with E-state index < -0.39 is 6.10 Å². The molecule has 0 heterocycles. The van der Waals surface area contributed by atoms with Crippen LogP contribution in [0.15, 0.2) is 12.2 Å². The Balaban J connectivity index is 3.56. The molecule has 0 saturated carbocycles. The molecule has 0 bridgehead atoms. The van der Waals surface area contributed by atoms with Crippen LogP contribution in [0.3, 0.4) is 0 Å². The van der Waals surface area contributed by atoms with Gasteiger partial charge in [0, 0.05) is 12.8 Å². The molecule has 0 aromatic carbocycles. The maximum Gasteiger partial charge on any atom is 0.306 e. The molecule has 242 valence electrons. The molecule has 41 heavy (non-hydrogen) atoms. The second-order valence-corrected chi connectivity index (χ2v) is 12.0. The maximum atomic E-state index is 12.1. The van der Waals surface area contributed by atoms with Crippen molar-refractivity contribution in [1.82, 2.24) is 0 Å². The van der Waals surface area contributed by atoms with Gasteiger partial charge in [-0.15, -0.1) is 0 Å². The van der Waals surface area contributed by atoms with Crippen molar-refractivity contribution in [2.45, 2.75) is 193 Å². The standard InChI is InChI=1S/C36H68O5/c1-3-5-7-9-11-13-15-17-19-21-23-25-27-29-31-36(39)41-34(32-37)33-40-35(38)30-28-26-24-22-20-18-16-14-12-10-8-6-4-2/h15,17,34,37H,3-14,16,18-33H2,1-2H3/b17-15-/t34-/m0/s1. The third-order valence-corrected chi connectivity index (χ3v) is 7.81. The van der Waals surface area contributed by atoms with Crippen molar-refractivity contribution in [2.75, 3.05) is 13.2 Å². The molecule has 5 heteroatoms. The average Bonchev–Trinajstić information content (AvgIpc) is 2.97. The number of hydrogen-bond donors (Lipinski definition) is 1.